The van der Waals surface area contributed by atoms with Crippen LogP contribution < -0.4 is 0 Å². The first kappa shape index (κ1) is 21.1. The molecular weight excluding hydrogens is 330 g/mol. The summed E-state index contributed by atoms with van der Waals surface area (Å²) in [7, 11) is 1.72. The van der Waals surface area contributed by atoms with Gasteiger partial charge in [0.05, 0.1) is 0 Å². The molecule has 0 aliphatic rings. The second kappa shape index (κ2) is 10.8. The highest BCUT2D eigenvalue weighted by atomic mass is 28.4. The zero-order chi connectivity index (χ0) is 17.9. The molecule has 0 saturated heterocycles. The van der Waals surface area contributed by atoms with Crippen molar-refractivity contribution in [1.82, 2.24) is 4.90 Å². The van der Waals surface area contributed by atoms with Crippen LogP contribution in [0.3, 0.4) is 0 Å². The van der Waals surface area contributed by atoms with Gasteiger partial charge in [-0.15, -0.1) is 0 Å². The lowest BCUT2D eigenvalue weighted by molar-refractivity contribution is 0.114. The number of amides is 3. The Balaban J connectivity index is 4.46. The van der Waals surface area contributed by atoms with Gasteiger partial charge < -0.3 is 28.0 Å². The summed E-state index contributed by atoms with van der Waals surface area (Å²) in [5.41, 5.74) is 0. The van der Waals surface area contributed by atoms with Gasteiger partial charge in [0.15, 0.2) is 0 Å². The molecule has 12 heteroatoms. The van der Waals surface area contributed by atoms with Crippen molar-refractivity contribution in [2.24, 2.45) is 10.2 Å². The van der Waals surface area contributed by atoms with Gasteiger partial charge in [0.25, 0.3) is 0 Å². The molecule has 23 heavy (non-hydrogen) atoms. The molecule has 0 aromatic heterocycles. The monoisotopic (exact) mass is 351 g/mol. The summed E-state index contributed by atoms with van der Waals surface area (Å²) in [5.74, 6) is 0. The number of carboxylic acid groups (broad SMARTS) is 1. The van der Waals surface area contributed by atoms with Crippen LogP contribution in [-0.4, -0.2) is 71.5 Å². The molecule has 0 bridgehead atoms. The smallest absolute Gasteiger partial charge is 0.462 e. The van der Waals surface area contributed by atoms with E-state index in [1.54, 1.807) is 6.92 Å². The molecule has 3 amide bonds. The van der Waals surface area contributed by atoms with Crippen LogP contribution in [0.15, 0.2) is 10.2 Å². The van der Waals surface area contributed by atoms with Crippen LogP contribution in [-0.2, 0) is 18.0 Å². The van der Waals surface area contributed by atoms with Gasteiger partial charge in [-0.1, -0.05) is 10.2 Å². The van der Waals surface area contributed by atoms with E-state index in [-0.39, 0.29) is 13.1 Å². The fourth-order valence-electron chi connectivity index (χ4n) is 1.66. The van der Waals surface area contributed by atoms with Crippen molar-refractivity contribution in [2.75, 3.05) is 34.4 Å². The number of nitrogens with zero attached hydrogens (tertiary/aromatic N) is 3. The van der Waals surface area contributed by atoms with Gasteiger partial charge >= 0.3 is 27.1 Å². The minimum Gasteiger partial charge on any atom is -0.462 e. The molecule has 0 aliphatic heterocycles. The Morgan fingerprint density at radius 1 is 1.09 bits per heavy atom. The topological polar surface area (TPSA) is 136 Å². The van der Waals surface area contributed by atoms with Gasteiger partial charge in [0.2, 0.25) is 0 Å². The maximum absolute atomic E-state index is 11.7. The van der Waals surface area contributed by atoms with Crippen LogP contribution in [0.5, 0.6) is 0 Å². The maximum atomic E-state index is 11.7. The van der Waals surface area contributed by atoms with Crippen molar-refractivity contribution >= 4 is 27.1 Å². The maximum Gasteiger partial charge on any atom is 0.500 e. The standard InChI is InChI=1S/C11H21N3O8Si/c1-5-14(7-6-8-23(19-2,20-3)21-4)11(18)22-10(17)13-12-9(15)16/h5-8H2,1-4H3,(H,15,16). The first-order chi connectivity index (χ1) is 10.8. The average molecular weight is 351 g/mol. The van der Waals surface area contributed by atoms with E-state index in [0.717, 1.165) is 0 Å². The van der Waals surface area contributed by atoms with Crippen molar-refractivity contribution in [3.8, 4) is 0 Å². The SMILES string of the molecule is CCN(CCC[Si](OC)(OC)OC)C(=O)OC(=O)N=NC(=O)O. The van der Waals surface area contributed by atoms with Crippen molar-refractivity contribution in [3.63, 3.8) is 0 Å². The molecule has 0 aromatic carbocycles. The molecule has 0 unspecified atom stereocenters. The third-order valence-electron chi connectivity index (χ3n) is 2.88. The number of hydrogen-bond acceptors (Lipinski definition) is 7. The molecule has 0 rings (SSSR count). The first-order valence-corrected chi connectivity index (χ1v) is 8.58. The van der Waals surface area contributed by atoms with E-state index in [4.69, 9.17) is 18.4 Å². The van der Waals surface area contributed by atoms with E-state index in [2.05, 4.69) is 15.0 Å². The van der Waals surface area contributed by atoms with Crippen LogP contribution in [0, 0.1) is 0 Å². The van der Waals surface area contributed by atoms with E-state index < -0.39 is 27.1 Å². The highest BCUT2D eigenvalue weighted by Crippen LogP contribution is 2.15. The Hall–Kier alpha value is -1.89. The first-order valence-electron chi connectivity index (χ1n) is 6.65. The summed E-state index contributed by atoms with van der Waals surface area (Å²) in [4.78, 5) is 34.2. The van der Waals surface area contributed by atoms with E-state index in [1.165, 1.54) is 26.2 Å². The molecule has 0 aromatic rings. The molecular formula is C11H21N3O8Si. The lowest BCUT2D eigenvalue weighted by Gasteiger charge is -2.25. The summed E-state index contributed by atoms with van der Waals surface area (Å²) in [6.45, 7) is 2.24. The second-order valence-electron chi connectivity index (χ2n) is 4.10. The molecule has 0 spiro atoms. The van der Waals surface area contributed by atoms with Crippen LogP contribution in [0.25, 0.3) is 0 Å². The van der Waals surface area contributed by atoms with Crippen LogP contribution in [0.4, 0.5) is 14.4 Å². The minimum atomic E-state index is -2.73. The zero-order valence-electron chi connectivity index (χ0n) is 13.5. The minimum absolute atomic E-state index is 0.267. The van der Waals surface area contributed by atoms with Gasteiger partial charge in [-0.05, 0) is 13.3 Å². The van der Waals surface area contributed by atoms with Crippen molar-refractivity contribution < 1.29 is 37.5 Å². The van der Waals surface area contributed by atoms with Crippen LogP contribution >= 0.6 is 0 Å². The van der Waals surface area contributed by atoms with E-state index in [0.29, 0.717) is 12.5 Å². The van der Waals surface area contributed by atoms with Gasteiger partial charge in [-0.25, -0.2) is 14.4 Å². The number of rotatable bonds is 8. The van der Waals surface area contributed by atoms with Gasteiger partial charge in [0, 0.05) is 40.5 Å². The summed E-state index contributed by atoms with van der Waals surface area (Å²) in [5, 5.41) is 13.5. The number of ether oxygens (including phenoxy) is 1. The average Bonchev–Trinajstić information content (AvgIpc) is 2.53. The second-order valence-corrected chi connectivity index (χ2v) is 7.19. The van der Waals surface area contributed by atoms with Crippen LogP contribution in [0.2, 0.25) is 6.04 Å². The summed E-state index contributed by atoms with van der Waals surface area (Å²) in [6.07, 6.45) is -3.51. The third-order valence-corrected chi connectivity index (χ3v) is 5.71. The van der Waals surface area contributed by atoms with Gasteiger partial charge in [0.1, 0.15) is 0 Å². The Bertz CT molecular complexity index is 433. The van der Waals surface area contributed by atoms with Crippen molar-refractivity contribution in [3.05, 3.63) is 0 Å². The lowest BCUT2D eigenvalue weighted by atomic mass is 10.4. The Kier molecular flexibility index (Phi) is 9.88. The third kappa shape index (κ3) is 7.78. The summed E-state index contributed by atoms with van der Waals surface area (Å²) in [6, 6.07) is 0.465. The molecule has 0 heterocycles. The van der Waals surface area contributed by atoms with Gasteiger partial charge in [-0.3, -0.25) is 0 Å². The number of hydrogen-bond donors (Lipinski definition) is 1. The largest absolute Gasteiger partial charge is 0.500 e. The quantitative estimate of drug-likeness (QED) is 0.398. The summed E-state index contributed by atoms with van der Waals surface area (Å²) < 4.78 is 20.1. The Morgan fingerprint density at radius 2 is 1.65 bits per heavy atom. The molecule has 11 nitrogen and oxygen atoms in total. The summed E-state index contributed by atoms with van der Waals surface area (Å²) >= 11 is 0. The Morgan fingerprint density at radius 3 is 2.09 bits per heavy atom. The highest BCUT2D eigenvalue weighted by molar-refractivity contribution is 6.60. The normalized spacial score (nSPS) is 11.5. The van der Waals surface area contributed by atoms with E-state index in [9.17, 15) is 14.4 Å². The van der Waals surface area contributed by atoms with Crippen molar-refractivity contribution in [2.45, 2.75) is 19.4 Å². The van der Waals surface area contributed by atoms with Gasteiger partial charge in [-0.2, -0.15) is 0 Å². The molecule has 0 atom stereocenters. The number of carbonyl (C=O) groups is 3. The van der Waals surface area contributed by atoms with E-state index in [1.807, 2.05) is 0 Å². The lowest BCUT2D eigenvalue weighted by Crippen LogP contribution is -2.43. The molecule has 0 saturated carbocycles. The predicted octanol–water partition coefficient (Wildman–Crippen LogP) is 1.96. The highest BCUT2D eigenvalue weighted by Gasteiger charge is 2.37. The molecule has 132 valence electrons. The molecule has 0 fully saturated rings. The molecule has 0 aliphatic carbocycles. The zero-order valence-corrected chi connectivity index (χ0v) is 14.5. The van der Waals surface area contributed by atoms with E-state index >= 15 is 0 Å². The fourth-order valence-corrected chi connectivity index (χ4v) is 3.37. The van der Waals surface area contributed by atoms with Crippen LogP contribution in [0.1, 0.15) is 13.3 Å². The predicted molar refractivity (Wildman–Crippen MR) is 78.2 cm³/mol. The number of azo groups is 1. The fraction of sp³-hybridized carbons (Fsp3) is 0.727. The number of carbonyl (C=O) groups excluding carboxylic acids is 2. The molecule has 0 radical (unpaired) electrons. The molecule has 1 N–H and O–H groups in total. The Labute approximate surface area is 134 Å². The van der Waals surface area contributed by atoms with Crippen molar-refractivity contribution in [1.29, 1.82) is 0 Å².